The summed E-state index contributed by atoms with van der Waals surface area (Å²) >= 11 is 0. The molecule has 1 nitrogen and oxygen atoms in total. The van der Waals surface area contributed by atoms with Crippen LogP contribution in [0.25, 0.3) is 0 Å². The highest BCUT2D eigenvalue weighted by Gasteiger charge is 1.81. The van der Waals surface area contributed by atoms with Crippen LogP contribution in [0, 0.1) is 0 Å². The van der Waals surface area contributed by atoms with Crippen LogP contribution in [-0.4, -0.2) is 4.98 Å². The zero-order chi connectivity index (χ0) is 9.82. The van der Waals surface area contributed by atoms with Gasteiger partial charge < -0.3 is 0 Å². The van der Waals surface area contributed by atoms with Gasteiger partial charge in [-0.3, -0.25) is 4.98 Å². The van der Waals surface area contributed by atoms with Gasteiger partial charge in [-0.05, 0) is 18.6 Å². The number of hydrogen-bond acceptors (Lipinski definition) is 1. The highest BCUT2D eigenvalue weighted by molar-refractivity contribution is 5.02. The van der Waals surface area contributed by atoms with E-state index in [2.05, 4.69) is 11.9 Å². The quantitative estimate of drug-likeness (QED) is 0.621. The summed E-state index contributed by atoms with van der Waals surface area (Å²) in [6.07, 6.45) is 2.85. The maximum absolute atomic E-state index is 4.10. The van der Waals surface area contributed by atoms with E-state index in [1.807, 2.05) is 52.1 Å². The number of pyridine rings is 1. The Hall–Kier alpha value is -0.850. The first-order chi connectivity index (χ1) is 5.93. The minimum atomic E-state index is 1.03. The topological polar surface area (TPSA) is 12.9 Å². The van der Waals surface area contributed by atoms with Gasteiger partial charge in [0.05, 0.1) is 0 Å². The van der Waals surface area contributed by atoms with E-state index in [0.717, 1.165) is 12.1 Å². The van der Waals surface area contributed by atoms with Crippen LogP contribution < -0.4 is 0 Å². The molecule has 0 saturated heterocycles. The summed E-state index contributed by atoms with van der Waals surface area (Å²) in [5.74, 6) is 0. The van der Waals surface area contributed by atoms with Crippen molar-refractivity contribution in [1.29, 1.82) is 0 Å². The standard InChI is InChI=1S/C7H9N.2C2H6/c1-2-7-5-3-4-6-8-7;2*1-2/h3-6H,2H2,1H3;2*1-2H3. The Labute approximate surface area is 76.9 Å². The summed E-state index contributed by atoms with van der Waals surface area (Å²) in [6, 6.07) is 5.96. The van der Waals surface area contributed by atoms with E-state index in [-0.39, 0.29) is 0 Å². The second-order valence-corrected chi connectivity index (χ2v) is 1.67. The third-order valence-corrected chi connectivity index (χ3v) is 1.09. The van der Waals surface area contributed by atoms with Crippen molar-refractivity contribution >= 4 is 0 Å². The maximum Gasteiger partial charge on any atom is 0.0400 e. The van der Waals surface area contributed by atoms with E-state index in [0.29, 0.717) is 0 Å². The Kier molecular flexibility index (Phi) is 14.6. The van der Waals surface area contributed by atoms with Crippen molar-refractivity contribution in [3.63, 3.8) is 0 Å². The highest BCUT2D eigenvalue weighted by atomic mass is 14.6. The molecule has 0 aliphatic rings. The van der Waals surface area contributed by atoms with E-state index < -0.39 is 0 Å². The van der Waals surface area contributed by atoms with Crippen molar-refractivity contribution in [2.45, 2.75) is 41.0 Å². The molecule has 0 unspecified atom stereocenters. The van der Waals surface area contributed by atoms with Crippen LogP contribution in [0.1, 0.15) is 40.3 Å². The average molecular weight is 167 g/mol. The van der Waals surface area contributed by atoms with Gasteiger partial charge in [0.2, 0.25) is 0 Å². The van der Waals surface area contributed by atoms with Crippen molar-refractivity contribution in [2.24, 2.45) is 0 Å². The third kappa shape index (κ3) is 7.26. The summed E-state index contributed by atoms with van der Waals surface area (Å²) < 4.78 is 0. The third-order valence-electron chi connectivity index (χ3n) is 1.09. The van der Waals surface area contributed by atoms with Crippen LogP contribution in [0.2, 0.25) is 0 Å². The average Bonchev–Trinajstić information content (AvgIpc) is 2.25. The molecule has 0 saturated carbocycles. The van der Waals surface area contributed by atoms with Gasteiger partial charge in [-0.1, -0.05) is 40.7 Å². The lowest BCUT2D eigenvalue weighted by Gasteiger charge is -1.88. The molecule has 0 N–H and O–H groups in total. The van der Waals surface area contributed by atoms with Gasteiger partial charge in [-0.2, -0.15) is 0 Å². The number of hydrogen-bond donors (Lipinski definition) is 0. The summed E-state index contributed by atoms with van der Waals surface area (Å²) in [4.78, 5) is 4.10. The fourth-order valence-electron chi connectivity index (χ4n) is 0.607. The van der Waals surface area contributed by atoms with E-state index in [1.165, 1.54) is 0 Å². The Morgan fingerprint density at radius 1 is 1.08 bits per heavy atom. The summed E-state index contributed by atoms with van der Waals surface area (Å²) in [6.45, 7) is 10.1. The van der Waals surface area contributed by atoms with Gasteiger partial charge in [-0.15, -0.1) is 0 Å². The molecule has 0 spiro atoms. The lowest BCUT2D eigenvalue weighted by Crippen LogP contribution is -1.81. The van der Waals surface area contributed by atoms with Crippen LogP contribution in [0.15, 0.2) is 24.4 Å². The predicted octanol–water partition coefficient (Wildman–Crippen LogP) is 3.70. The molecular weight excluding hydrogens is 146 g/mol. The van der Waals surface area contributed by atoms with E-state index in [1.54, 1.807) is 0 Å². The molecule has 1 heterocycles. The minimum absolute atomic E-state index is 1.03. The maximum atomic E-state index is 4.10. The van der Waals surface area contributed by atoms with Gasteiger partial charge in [0.25, 0.3) is 0 Å². The van der Waals surface area contributed by atoms with Gasteiger partial charge >= 0.3 is 0 Å². The van der Waals surface area contributed by atoms with Crippen molar-refractivity contribution in [1.82, 2.24) is 4.98 Å². The molecule has 1 rings (SSSR count). The smallest absolute Gasteiger partial charge is 0.0400 e. The first-order valence-corrected chi connectivity index (χ1v) is 4.83. The summed E-state index contributed by atoms with van der Waals surface area (Å²) in [7, 11) is 0. The predicted molar refractivity (Wildman–Crippen MR) is 56.3 cm³/mol. The Morgan fingerprint density at radius 3 is 1.92 bits per heavy atom. The summed E-state index contributed by atoms with van der Waals surface area (Å²) in [5, 5.41) is 0. The molecule has 70 valence electrons. The fraction of sp³-hybridized carbons (Fsp3) is 0.545. The number of rotatable bonds is 1. The Morgan fingerprint density at radius 2 is 1.67 bits per heavy atom. The van der Waals surface area contributed by atoms with Gasteiger partial charge in [0.1, 0.15) is 0 Å². The Balaban J connectivity index is 0. The van der Waals surface area contributed by atoms with Crippen molar-refractivity contribution in [3.8, 4) is 0 Å². The van der Waals surface area contributed by atoms with Gasteiger partial charge in [0.15, 0.2) is 0 Å². The molecule has 0 atom stereocenters. The molecule has 12 heavy (non-hydrogen) atoms. The molecule has 0 aliphatic heterocycles. The molecule has 0 radical (unpaired) electrons. The lowest BCUT2D eigenvalue weighted by atomic mass is 10.3. The van der Waals surface area contributed by atoms with Gasteiger partial charge in [-0.25, -0.2) is 0 Å². The molecule has 1 aromatic rings. The van der Waals surface area contributed by atoms with Crippen molar-refractivity contribution < 1.29 is 0 Å². The van der Waals surface area contributed by atoms with Gasteiger partial charge in [0, 0.05) is 11.9 Å². The molecule has 0 amide bonds. The van der Waals surface area contributed by atoms with E-state index in [4.69, 9.17) is 0 Å². The monoisotopic (exact) mass is 167 g/mol. The van der Waals surface area contributed by atoms with Crippen molar-refractivity contribution in [2.75, 3.05) is 0 Å². The fourth-order valence-corrected chi connectivity index (χ4v) is 0.607. The highest BCUT2D eigenvalue weighted by Crippen LogP contribution is 1.91. The molecular formula is C11H21N. The molecule has 1 aromatic heterocycles. The second kappa shape index (κ2) is 12.8. The zero-order valence-electron chi connectivity index (χ0n) is 8.96. The SMILES string of the molecule is CC.CC.CCc1ccccn1. The minimum Gasteiger partial charge on any atom is -0.261 e. The Bertz CT molecular complexity index is 146. The van der Waals surface area contributed by atoms with Crippen LogP contribution >= 0.6 is 0 Å². The first kappa shape index (κ1) is 13.7. The zero-order valence-corrected chi connectivity index (χ0v) is 8.96. The molecule has 0 bridgehead atoms. The van der Waals surface area contributed by atoms with E-state index >= 15 is 0 Å². The normalized spacial score (nSPS) is 7.08. The van der Waals surface area contributed by atoms with Crippen molar-refractivity contribution in [3.05, 3.63) is 30.1 Å². The lowest BCUT2D eigenvalue weighted by molar-refractivity contribution is 1.04. The number of nitrogens with zero attached hydrogens (tertiary/aromatic N) is 1. The molecule has 1 heteroatoms. The van der Waals surface area contributed by atoms with Crippen LogP contribution in [0.4, 0.5) is 0 Å². The molecule has 0 aliphatic carbocycles. The number of aryl methyl sites for hydroxylation is 1. The molecule has 0 aromatic carbocycles. The summed E-state index contributed by atoms with van der Waals surface area (Å²) in [5.41, 5.74) is 1.16. The first-order valence-electron chi connectivity index (χ1n) is 4.83. The molecule has 0 fully saturated rings. The van der Waals surface area contributed by atoms with E-state index in [9.17, 15) is 0 Å². The van der Waals surface area contributed by atoms with Crippen LogP contribution in [-0.2, 0) is 6.42 Å². The second-order valence-electron chi connectivity index (χ2n) is 1.67. The largest absolute Gasteiger partial charge is 0.261 e. The number of aromatic nitrogens is 1. The van der Waals surface area contributed by atoms with Crippen LogP contribution in [0.3, 0.4) is 0 Å². The van der Waals surface area contributed by atoms with Crippen LogP contribution in [0.5, 0.6) is 0 Å².